The van der Waals surface area contributed by atoms with Gasteiger partial charge in [0.25, 0.3) is 5.91 Å². The lowest BCUT2D eigenvalue weighted by molar-refractivity contribution is -0.148. The highest BCUT2D eigenvalue weighted by Crippen LogP contribution is 2.48. The molecule has 5 nitrogen and oxygen atoms in total. The van der Waals surface area contributed by atoms with Gasteiger partial charge in [-0.25, -0.2) is 0 Å². The SMILES string of the molecule is O=C(OCC(=O)N1c2ccccc2Sc2ccccc21)C1c2ccccc2Oc2ccccc21. The molecule has 166 valence electrons. The zero-order valence-corrected chi connectivity index (χ0v) is 18.8. The lowest BCUT2D eigenvalue weighted by Crippen LogP contribution is -2.33. The fourth-order valence-electron chi connectivity index (χ4n) is 4.42. The molecule has 34 heavy (non-hydrogen) atoms. The third-order valence-electron chi connectivity index (χ3n) is 5.94. The van der Waals surface area contributed by atoms with E-state index >= 15 is 0 Å². The number of esters is 1. The van der Waals surface area contributed by atoms with E-state index < -0.39 is 11.9 Å². The first-order valence-electron chi connectivity index (χ1n) is 10.9. The van der Waals surface area contributed by atoms with Crippen molar-refractivity contribution in [3.8, 4) is 11.5 Å². The van der Waals surface area contributed by atoms with E-state index in [0.29, 0.717) is 11.5 Å². The van der Waals surface area contributed by atoms with E-state index in [1.807, 2.05) is 97.1 Å². The summed E-state index contributed by atoms with van der Waals surface area (Å²) in [5, 5.41) is 0. The molecule has 0 bridgehead atoms. The summed E-state index contributed by atoms with van der Waals surface area (Å²) >= 11 is 1.62. The van der Waals surface area contributed by atoms with E-state index in [9.17, 15) is 9.59 Å². The minimum absolute atomic E-state index is 0.304. The number of hydrogen-bond acceptors (Lipinski definition) is 5. The van der Waals surface area contributed by atoms with Crippen LogP contribution in [0.1, 0.15) is 17.0 Å². The molecule has 0 unspecified atom stereocenters. The van der Waals surface area contributed by atoms with Crippen LogP contribution in [0, 0.1) is 0 Å². The Kier molecular flexibility index (Phi) is 5.08. The van der Waals surface area contributed by atoms with Crippen LogP contribution in [-0.4, -0.2) is 18.5 Å². The molecule has 0 aromatic heterocycles. The second-order valence-corrected chi connectivity index (χ2v) is 9.07. The van der Waals surface area contributed by atoms with Gasteiger partial charge >= 0.3 is 5.97 Å². The molecule has 6 heteroatoms. The van der Waals surface area contributed by atoms with Gasteiger partial charge in [-0.2, -0.15) is 0 Å². The van der Waals surface area contributed by atoms with Crippen LogP contribution in [0.4, 0.5) is 11.4 Å². The number of benzene rings is 4. The number of hydrogen-bond donors (Lipinski definition) is 0. The minimum atomic E-state index is -0.662. The number of anilines is 2. The molecule has 6 rings (SSSR count). The van der Waals surface area contributed by atoms with Crippen LogP contribution in [0.5, 0.6) is 11.5 Å². The van der Waals surface area contributed by atoms with Gasteiger partial charge < -0.3 is 9.47 Å². The Morgan fingerprint density at radius 3 is 1.82 bits per heavy atom. The molecule has 2 aliphatic rings. The van der Waals surface area contributed by atoms with E-state index in [0.717, 1.165) is 32.3 Å². The zero-order valence-electron chi connectivity index (χ0n) is 18.0. The van der Waals surface area contributed by atoms with E-state index in [1.54, 1.807) is 16.7 Å². The van der Waals surface area contributed by atoms with Crippen molar-refractivity contribution in [3.63, 3.8) is 0 Å². The van der Waals surface area contributed by atoms with Crippen molar-refractivity contribution in [2.75, 3.05) is 11.5 Å². The number of rotatable bonds is 3. The lowest BCUT2D eigenvalue weighted by Gasteiger charge is -2.31. The second-order valence-electron chi connectivity index (χ2n) is 7.99. The maximum atomic E-state index is 13.4. The predicted octanol–water partition coefficient (Wildman–Crippen LogP) is 6.30. The molecule has 2 aliphatic heterocycles. The van der Waals surface area contributed by atoms with Crippen LogP contribution in [0.25, 0.3) is 0 Å². The number of amides is 1. The van der Waals surface area contributed by atoms with Crippen molar-refractivity contribution in [2.45, 2.75) is 15.7 Å². The highest BCUT2D eigenvalue weighted by Gasteiger charge is 2.35. The number of nitrogens with zero attached hydrogens (tertiary/aromatic N) is 1. The molecular weight excluding hydrogens is 446 g/mol. The largest absolute Gasteiger partial charge is 0.457 e. The Hall–Kier alpha value is -4.03. The Labute approximate surface area is 200 Å². The molecule has 0 saturated heterocycles. The van der Waals surface area contributed by atoms with Crippen molar-refractivity contribution in [3.05, 3.63) is 108 Å². The summed E-state index contributed by atoms with van der Waals surface area (Å²) in [7, 11) is 0. The molecule has 0 aliphatic carbocycles. The third kappa shape index (κ3) is 3.43. The summed E-state index contributed by atoms with van der Waals surface area (Å²) in [6.45, 7) is -0.367. The van der Waals surface area contributed by atoms with Gasteiger partial charge in [0, 0.05) is 20.9 Å². The number of carbonyl (C=O) groups excluding carboxylic acids is 2. The predicted molar refractivity (Wildman–Crippen MR) is 130 cm³/mol. The first-order chi connectivity index (χ1) is 16.7. The van der Waals surface area contributed by atoms with Crippen LogP contribution in [0.3, 0.4) is 0 Å². The summed E-state index contributed by atoms with van der Waals surface area (Å²) in [6.07, 6.45) is 0. The molecule has 0 fully saturated rings. The summed E-state index contributed by atoms with van der Waals surface area (Å²) in [5.74, 6) is -0.215. The fraction of sp³-hybridized carbons (Fsp3) is 0.0714. The average molecular weight is 466 g/mol. The number of para-hydroxylation sites is 4. The summed E-state index contributed by atoms with van der Waals surface area (Å²) < 4.78 is 11.6. The molecule has 4 aromatic carbocycles. The molecule has 0 N–H and O–H groups in total. The third-order valence-corrected chi connectivity index (χ3v) is 7.07. The first-order valence-corrected chi connectivity index (χ1v) is 11.7. The Morgan fingerprint density at radius 2 is 1.24 bits per heavy atom. The summed E-state index contributed by atoms with van der Waals surface area (Å²) in [5.41, 5.74) is 3.02. The highest BCUT2D eigenvalue weighted by molar-refractivity contribution is 7.99. The van der Waals surface area contributed by atoms with Crippen molar-refractivity contribution in [1.29, 1.82) is 0 Å². The smallest absolute Gasteiger partial charge is 0.318 e. The first kappa shape index (κ1) is 20.6. The topological polar surface area (TPSA) is 55.8 Å². The second kappa shape index (κ2) is 8.39. The van der Waals surface area contributed by atoms with Crippen molar-refractivity contribution < 1.29 is 19.1 Å². The molecule has 0 spiro atoms. The van der Waals surface area contributed by atoms with Crippen molar-refractivity contribution >= 4 is 35.0 Å². The number of carbonyl (C=O) groups is 2. The molecule has 4 aromatic rings. The number of fused-ring (bicyclic) bond motifs is 4. The molecule has 0 atom stereocenters. The zero-order chi connectivity index (χ0) is 23.1. The van der Waals surface area contributed by atoms with Gasteiger partial charge in [-0.05, 0) is 36.4 Å². The molecule has 1 amide bonds. The van der Waals surface area contributed by atoms with Gasteiger partial charge in [0.05, 0.1) is 11.4 Å². The Balaban J connectivity index is 1.29. The van der Waals surface area contributed by atoms with Gasteiger partial charge in [-0.1, -0.05) is 72.4 Å². The minimum Gasteiger partial charge on any atom is -0.457 e. The van der Waals surface area contributed by atoms with Gasteiger partial charge in [0.15, 0.2) is 6.61 Å². The molecule has 2 heterocycles. The van der Waals surface area contributed by atoms with Crippen LogP contribution in [-0.2, 0) is 14.3 Å². The maximum Gasteiger partial charge on any atom is 0.318 e. The van der Waals surface area contributed by atoms with Crippen molar-refractivity contribution in [1.82, 2.24) is 0 Å². The lowest BCUT2D eigenvalue weighted by atomic mass is 9.88. The Bertz CT molecular complexity index is 1230. The van der Waals surface area contributed by atoms with Gasteiger partial charge in [0.1, 0.15) is 17.4 Å². The summed E-state index contributed by atoms with van der Waals surface area (Å²) in [4.78, 5) is 30.4. The standard InChI is InChI=1S/C28H19NO4S/c30-26(29-20-11-3-7-15-24(20)34-25-16-8-4-12-21(25)29)17-32-28(31)27-18-9-1-5-13-22(18)33-23-14-6-2-10-19(23)27/h1-16,27H,17H2. The number of ether oxygens (including phenoxy) is 2. The maximum absolute atomic E-state index is 13.4. The fourth-order valence-corrected chi connectivity index (χ4v) is 5.48. The van der Waals surface area contributed by atoms with Crippen LogP contribution < -0.4 is 9.64 Å². The monoisotopic (exact) mass is 465 g/mol. The molecule has 0 saturated carbocycles. The quantitative estimate of drug-likeness (QED) is 0.333. The van der Waals surface area contributed by atoms with E-state index in [2.05, 4.69) is 0 Å². The molecule has 0 radical (unpaired) electrons. The highest BCUT2D eigenvalue weighted by atomic mass is 32.2. The van der Waals surface area contributed by atoms with E-state index in [4.69, 9.17) is 9.47 Å². The average Bonchev–Trinajstić information content (AvgIpc) is 2.88. The normalized spacial score (nSPS) is 13.6. The van der Waals surface area contributed by atoms with E-state index in [1.165, 1.54) is 0 Å². The molecular formula is C28H19NO4S. The van der Waals surface area contributed by atoms with Gasteiger partial charge in [-0.15, -0.1) is 0 Å². The van der Waals surface area contributed by atoms with Crippen molar-refractivity contribution in [2.24, 2.45) is 0 Å². The van der Waals surface area contributed by atoms with Crippen LogP contribution in [0.15, 0.2) is 107 Å². The van der Waals surface area contributed by atoms with E-state index in [-0.39, 0.29) is 12.5 Å². The van der Waals surface area contributed by atoms with Crippen LogP contribution in [0.2, 0.25) is 0 Å². The van der Waals surface area contributed by atoms with Crippen LogP contribution >= 0.6 is 11.8 Å². The summed E-state index contributed by atoms with van der Waals surface area (Å²) in [6, 6.07) is 30.3. The Morgan fingerprint density at radius 1 is 0.735 bits per heavy atom. The van der Waals surface area contributed by atoms with Gasteiger partial charge in [0.2, 0.25) is 0 Å². The van der Waals surface area contributed by atoms with Gasteiger partial charge in [-0.3, -0.25) is 14.5 Å².